The van der Waals surface area contributed by atoms with Crippen molar-refractivity contribution in [2.24, 2.45) is 51.8 Å². The fourth-order valence-corrected chi connectivity index (χ4v) is 9.69. The second-order valence-electron chi connectivity index (χ2n) is 15.1. The molecule has 0 spiro atoms. The molecule has 0 unspecified atom stereocenters. The smallest absolute Gasteiger partial charge is 0.0837 e. The maximum absolute atomic E-state index is 11.5. The molecule has 4 rings (SSSR count). The SMILES string of the molecule is C[C@H](CCC(C)(C)O)[C@H]1CC[C@H]2[C@@H]3CC[C@H]4[C@@H](O)[C@@H](OCC(C)(CO)CO)CC[C@]4(C)[C@H]3CC[C@]12C. The van der Waals surface area contributed by atoms with E-state index in [0.717, 1.165) is 49.9 Å². The molecule has 36 heavy (non-hydrogen) atoms. The highest BCUT2D eigenvalue weighted by molar-refractivity contribution is 5.11. The minimum Gasteiger partial charge on any atom is -0.396 e. The molecular formula is C31H56O5. The molecule has 0 amide bonds. The third-order valence-corrected chi connectivity index (χ3v) is 12.1. The van der Waals surface area contributed by atoms with Crippen LogP contribution < -0.4 is 0 Å². The molecule has 4 saturated carbocycles. The zero-order chi connectivity index (χ0) is 26.5. The van der Waals surface area contributed by atoms with Crippen LogP contribution in [0.25, 0.3) is 0 Å². The fraction of sp³-hybridized carbons (Fsp3) is 1.00. The highest BCUT2D eigenvalue weighted by atomic mass is 16.5. The van der Waals surface area contributed by atoms with Crippen LogP contribution in [0, 0.1) is 51.8 Å². The summed E-state index contributed by atoms with van der Waals surface area (Å²) in [5.74, 6) is 3.96. The van der Waals surface area contributed by atoms with Gasteiger partial charge in [0.15, 0.2) is 0 Å². The van der Waals surface area contributed by atoms with Gasteiger partial charge in [-0.15, -0.1) is 0 Å². The molecule has 4 N–H and O–H groups in total. The summed E-state index contributed by atoms with van der Waals surface area (Å²) in [6.45, 7) is 13.3. The van der Waals surface area contributed by atoms with Gasteiger partial charge in [0.25, 0.3) is 0 Å². The van der Waals surface area contributed by atoms with Gasteiger partial charge in [-0.05, 0) is 124 Å². The van der Waals surface area contributed by atoms with E-state index < -0.39 is 17.1 Å². The maximum Gasteiger partial charge on any atom is 0.0837 e. The standard InChI is InChI=1S/C31H56O5/c1-20(11-14-28(2,3)35)22-9-10-23-21-7-8-25-27(34)26(36-19-29(4,17-32)18-33)13-16-31(25,6)24(21)12-15-30(22,23)5/h20-27,32-35H,7-19H2,1-6H3/t20-,21+,22-,23+,24+,25+,26+,27-,30-,31-/m1/s1. The summed E-state index contributed by atoms with van der Waals surface area (Å²) in [4.78, 5) is 0. The van der Waals surface area contributed by atoms with Crippen LogP contribution in [0.1, 0.15) is 106 Å². The molecule has 0 heterocycles. The molecule has 4 aliphatic carbocycles. The van der Waals surface area contributed by atoms with Gasteiger partial charge in [0, 0.05) is 5.41 Å². The van der Waals surface area contributed by atoms with E-state index in [1.807, 2.05) is 20.8 Å². The Kier molecular flexibility index (Phi) is 8.33. The summed E-state index contributed by atoms with van der Waals surface area (Å²) in [5, 5.41) is 41.0. The zero-order valence-corrected chi connectivity index (χ0v) is 24.0. The maximum atomic E-state index is 11.5. The Morgan fingerprint density at radius 3 is 2.11 bits per heavy atom. The average molecular weight is 509 g/mol. The van der Waals surface area contributed by atoms with Gasteiger partial charge in [0.1, 0.15) is 0 Å². The van der Waals surface area contributed by atoms with Crippen LogP contribution in [0.4, 0.5) is 0 Å². The molecule has 4 fully saturated rings. The lowest BCUT2D eigenvalue weighted by Gasteiger charge is -2.62. The van der Waals surface area contributed by atoms with Gasteiger partial charge >= 0.3 is 0 Å². The molecule has 0 aliphatic heterocycles. The van der Waals surface area contributed by atoms with E-state index in [9.17, 15) is 20.4 Å². The summed E-state index contributed by atoms with van der Waals surface area (Å²) in [6.07, 6.45) is 10.9. The van der Waals surface area contributed by atoms with E-state index in [4.69, 9.17) is 4.74 Å². The number of rotatable bonds is 9. The van der Waals surface area contributed by atoms with Crippen molar-refractivity contribution in [3.8, 4) is 0 Å². The average Bonchev–Trinajstić information content (AvgIpc) is 3.18. The Morgan fingerprint density at radius 1 is 0.861 bits per heavy atom. The monoisotopic (exact) mass is 508 g/mol. The second-order valence-corrected chi connectivity index (χ2v) is 15.1. The molecule has 0 aromatic heterocycles. The van der Waals surface area contributed by atoms with Crippen molar-refractivity contribution in [2.45, 2.75) is 124 Å². The molecule has 10 atom stereocenters. The molecule has 0 aromatic rings. The van der Waals surface area contributed by atoms with Gasteiger partial charge in [-0.3, -0.25) is 0 Å². The Balaban J connectivity index is 1.43. The second kappa shape index (κ2) is 10.4. The first-order valence-corrected chi connectivity index (χ1v) is 15.0. The number of fused-ring (bicyclic) bond motifs is 5. The van der Waals surface area contributed by atoms with Gasteiger partial charge < -0.3 is 25.2 Å². The minimum atomic E-state index is -0.658. The molecule has 5 heteroatoms. The number of aliphatic hydroxyl groups is 4. The number of hydrogen-bond acceptors (Lipinski definition) is 5. The van der Waals surface area contributed by atoms with E-state index in [-0.39, 0.29) is 37.3 Å². The van der Waals surface area contributed by atoms with Crippen LogP contribution in [-0.2, 0) is 4.74 Å². The Hall–Kier alpha value is -0.200. The van der Waals surface area contributed by atoms with Crippen molar-refractivity contribution >= 4 is 0 Å². The van der Waals surface area contributed by atoms with E-state index in [1.54, 1.807) is 0 Å². The first-order chi connectivity index (χ1) is 16.8. The number of hydrogen-bond donors (Lipinski definition) is 4. The van der Waals surface area contributed by atoms with E-state index >= 15 is 0 Å². The van der Waals surface area contributed by atoms with Crippen LogP contribution in [0.15, 0.2) is 0 Å². The Labute approximate surface area is 220 Å². The van der Waals surface area contributed by atoms with Crippen molar-refractivity contribution in [3.05, 3.63) is 0 Å². The van der Waals surface area contributed by atoms with Crippen LogP contribution in [0.5, 0.6) is 0 Å². The van der Waals surface area contributed by atoms with Crippen LogP contribution in [0.3, 0.4) is 0 Å². The normalized spacial score (nSPS) is 44.0. The third-order valence-electron chi connectivity index (χ3n) is 12.1. The summed E-state index contributed by atoms with van der Waals surface area (Å²) >= 11 is 0. The van der Waals surface area contributed by atoms with Crippen molar-refractivity contribution in [3.63, 3.8) is 0 Å². The van der Waals surface area contributed by atoms with E-state index in [1.165, 1.54) is 32.1 Å². The van der Waals surface area contributed by atoms with Gasteiger partial charge in [0.2, 0.25) is 0 Å². The fourth-order valence-electron chi connectivity index (χ4n) is 9.69. The lowest BCUT2D eigenvalue weighted by Crippen LogP contribution is -2.59. The number of ether oxygens (including phenoxy) is 1. The Morgan fingerprint density at radius 2 is 1.47 bits per heavy atom. The van der Waals surface area contributed by atoms with Gasteiger partial charge in [0.05, 0.1) is 37.6 Å². The number of aliphatic hydroxyl groups excluding tert-OH is 3. The highest BCUT2D eigenvalue weighted by Crippen LogP contribution is 2.68. The minimum absolute atomic E-state index is 0.116. The molecule has 4 aliphatic rings. The van der Waals surface area contributed by atoms with Crippen LogP contribution in [0.2, 0.25) is 0 Å². The Bertz CT molecular complexity index is 744. The molecule has 5 nitrogen and oxygen atoms in total. The van der Waals surface area contributed by atoms with Crippen molar-refractivity contribution in [1.82, 2.24) is 0 Å². The van der Waals surface area contributed by atoms with E-state index in [2.05, 4.69) is 20.8 Å². The topological polar surface area (TPSA) is 90.2 Å². The van der Waals surface area contributed by atoms with E-state index in [0.29, 0.717) is 17.3 Å². The highest BCUT2D eigenvalue weighted by Gasteiger charge is 2.62. The summed E-state index contributed by atoms with van der Waals surface area (Å²) in [7, 11) is 0. The quantitative estimate of drug-likeness (QED) is 0.345. The summed E-state index contributed by atoms with van der Waals surface area (Å²) in [6, 6.07) is 0. The van der Waals surface area contributed by atoms with Gasteiger partial charge in [-0.2, -0.15) is 0 Å². The molecule has 210 valence electrons. The lowest BCUT2D eigenvalue weighted by atomic mass is 9.44. The lowest BCUT2D eigenvalue weighted by molar-refractivity contribution is -0.193. The van der Waals surface area contributed by atoms with Crippen molar-refractivity contribution < 1.29 is 25.2 Å². The summed E-state index contributed by atoms with van der Waals surface area (Å²) in [5.41, 5.74) is -0.641. The molecule has 0 aromatic carbocycles. The first kappa shape index (κ1) is 28.8. The van der Waals surface area contributed by atoms with Crippen molar-refractivity contribution in [2.75, 3.05) is 19.8 Å². The van der Waals surface area contributed by atoms with Gasteiger partial charge in [-0.25, -0.2) is 0 Å². The van der Waals surface area contributed by atoms with Crippen LogP contribution in [-0.4, -0.2) is 58.1 Å². The van der Waals surface area contributed by atoms with Crippen LogP contribution >= 0.6 is 0 Å². The van der Waals surface area contributed by atoms with Crippen molar-refractivity contribution in [1.29, 1.82) is 0 Å². The zero-order valence-electron chi connectivity index (χ0n) is 24.0. The molecule has 0 bridgehead atoms. The largest absolute Gasteiger partial charge is 0.396 e. The first-order valence-electron chi connectivity index (χ1n) is 15.0. The molecular weight excluding hydrogens is 452 g/mol. The van der Waals surface area contributed by atoms with Gasteiger partial charge in [-0.1, -0.05) is 27.7 Å². The molecule has 0 saturated heterocycles. The predicted molar refractivity (Wildman–Crippen MR) is 143 cm³/mol. The predicted octanol–water partition coefficient (Wildman–Crippen LogP) is 5.18. The third kappa shape index (κ3) is 5.18. The summed E-state index contributed by atoms with van der Waals surface area (Å²) < 4.78 is 6.16. The molecule has 0 radical (unpaired) electrons.